The highest BCUT2D eigenvalue weighted by atomic mass is 16.5. The summed E-state index contributed by atoms with van der Waals surface area (Å²) in [4.78, 5) is 14.8. The quantitative estimate of drug-likeness (QED) is 0.620. The van der Waals surface area contributed by atoms with Crippen LogP contribution in [0.1, 0.15) is 34.5 Å². The number of rotatable bonds is 5. The van der Waals surface area contributed by atoms with Crippen molar-refractivity contribution < 1.29 is 9.53 Å². The average Bonchev–Trinajstić information content (AvgIpc) is 2.74. The molecule has 3 aromatic rings. The third-order valence-electron chi connectivity index (χ3n) is 5.28. The minimum absolute atomic E-state index is 0.0902. The smallest absolute Gasteiger partial charge is 0.338 e. The van der Waals surface area contributed by atoms with Gasteiger partial charge in [0.1, 0.15) is 6.10 Å². The van der Waals surface area contributed by atoms with Crippen LogP contribution in [0.2, 0.25) is 0 Å². The Morgan fingerprint density at radius 1 is 0.852 bits per heavy atom. The summed E-state index contributed by atoms with van der Waals surface area (Å²) >= 11 is 0. The van der Waals surface area contributed by atoms with Gasteiger partial charge in [-0.25, -0.2) is 4.79 Å². The van der Waals surface area contributed by atoms with Gasteiger partial charge in [0.15, 0.2) is 0 Å². The van der Waals surface area contributed by atoms with Gasteiger partial charge >= 0.3 is 5.97 Å². The zero-order chi connectivity index (χ0) is 18.6. The van der Waals surface area contributed by atoms with Gasteiger partial charge in [0.05, 0.1) is 11.6 Å². The molecule has 136 valence electrons. The first kappa shape index (κ1) is 17.5. The first-order valence-electron chi connectivity index (χ1n) is 9.35. The summed E-state index contributed by atoms with van der Waals surface area (Å²) in [7, 11) is 0. The van der Waals surface area contributed by atoms with Crippen LogP contribution < -0.4 is 0 Å². The van der Waals surface area contributed by atoms with E-state index in [0.717, 1.165) is 6.54 Å². The van der Waals surface area contributed by atoms with Gasteiger partial charge in [-0.15, -0.1) is 0 Å². The van der Waals surface area contributed by atoms with Crippen LogP contribution in [0.15, 0.2) is 91.0 Å². The van der Waals surface area contributed by atoms with Crippen LogP contribution in [-0.2, 0) is 4.74 Å². The van der Waals surface area contributed by atoms with Crippen LogP contribution in [0.25, 0.3) is 0 Å². The van der Waals surface area contributed by atoms with E-state index in [1.807, 2.05) is 30.3 Å². The van der Waals surface area contributed by atoms with Crippen molar-refractivity contribution in [1.82, 2.24) is 4.90 Å². The van der Waals surface area contributed by atoms with Crippen molar-refractivity contribution in [2.45, 2.75) is 25.1 Å². The summed E-state index contributed by atoms with van der Waals surface area (Å²) in [5.41, 5.74) is 3.11. The molecule has 0 saturated carbocycles. The van der Waals surface area contributed by atoms with Crippen LogP contribution >= 0.6 is 0 Å². The van der Waals surface area contributed by atoms with Crippen molar-refractivity contribution in [2.75, 3.05) is 6.54 Å². The minimum Gasteiger partial charge on any atom is -0.456 e. The molecule has 0 amide bonds. The largest absolute Gasteiger partial charge is 0.456 e. The molecule has 3 nitrogen and oxygen atoms in total. The Balaban J connectivity index is 1.51. The Morgan fingerprint density at radius 3 is 1.81 bits per heavy atom. The van der Waals surface area contributed by atoms with E-state index in [2.05, 4.69) is 60.4 Å². The number of carbonyl (C=O) groups excluding carboxylic acids is 1. The fraction of sp³-hybridized carbons (Fsp3) is 0.208. The number of nitrogens with zero attached hydrogens (tertiary/aromatic N) is 1. The van der Waals surface area contributed by atoms with Crippen molar-refractivity contribution in [3.63, 3.8) is 0 Å². The summed E-state index contributed by atoms with van der Waals surface area (Å²) in [6.07, 6.45) is -0.0902. The van der Waals surface area contributed by atoms with Gasteiger partial charge in [-0.1, -0.05) is 78.9 Å². The summed E-state index contributed by atoms with van der Waals surface area (Å²) in [6, 6.07) is 30.5. The molecule has 0 unspecified atom stereocenters. The molecule has 1 heterocycles. The lowest BCUT2D eigenvalue weighted by Crippen LogP contribution is -2.61. The molecule has 27 heavy (non-hydrogen) atoms. The Bertz CT molecular complexity index is 841. The first-order valence-corrected chi connectivity index (χ1v) is 9.35. The second-order valence-corrected chi connectivity index (χ2v) is 6.97. The molecule has 0 aromatic heterocycles. The maximum Gasteiger partial charge on any atom is 0.338 e. The van der Waals surface area contributed by atoms with E-state index < -0.39 is 0 Å². The van der Waals surface area contributed by atoms with Crippen LogP contribution in [0, 0.1) is 0 Å². The molecule has 1 aliphatic rings. The predicted molar refractivity (Wildman–Crippen MR) is 107 cm³/mol. The van der Waals surface area contributed by atoms with E-state index in [1.54, 1.807) is 12.1 Å². The Kier molecular flexibility index (Phi) is 5.03. The lowest BCUT2D eigenvalue weighted by Gasteiger charge is -2.49. The first-order chi connectivity index (χ1) is 13.2. The lowest BCUT2D eigenvalue weighted by atomic mass is 9.89. The molecule has 3 aromatic carbocycles. The maximum absolute atomic E-state index is 12.4. The number of benzene rings is 3. The van der Waals surface area contributed by atoms with E-state index in [4.69, 9.17) is 4.74 Å². The van der Waals surface area contributed by atoms with Gasteiger partial charge in [0.2, 0.25) is 0 Å². The van der Waals surface area contributed by atoms with E-state index in [9.17, 15) is 4.79 Å². The minimum atomic E-state index is -0.247. The van der Waals surface area contributed by atoms with Gasteiger partial charge in [-0.2, -0.15) is 0 Å². The number of hydrogen-bond donors (Lipinski definition) is 0. The number of hydrogen-bond acceptors (Lipinski definition) is 3. The van der Waals surface area contributed by atoms with Crippen molar-refractivity contribution in [1.29, 1.82) is 0 Å². The zero-order valence-corrected chi connectivity index (χ0v) is 15.4. The topological polar surface area (TPSA) is 29.5 Å². The average molecular weight is 357 g/mol. The van der Waals surface area contributed by atoms with Gasteiger partial charge in [0, 0.05) is 12.6 Å². The summed E-state index contributed by atoms with van der Waals surface area (Å²) in [6.45, 7) is 2.86. The molecule has 2 atom stereocenters. The Hall–Kier alpha value is -2.91. The number of ether oxygens (including phenoxy) is 1. The molecule has 1 fully saturated rings. The van der Waals surface area contributed by atoms with Crippen LogP contribution in [-0.4, -0.2) is 29.6 Å². The predicted octanol–water partition coefficient (Wildman–Crippen LogP) is 4.71. The third kappa shape index (κ3) is 3.64. The van der Waals surface area contributed by atoms with E-state index in [-0.39, 0.29) is 24.2 Å². The molecule has 0 N–H and O–H groups in total. The summed E-state index contributed by atoms with van der Waals surface area (Å²) in [5.74, 6) is -0.247. The highest BCUT2D eigenvalue weighted by Gasteiger charge is 2.43. The SMILES string of the molecule is C[C@H]1[C@H](OC(=O)c2ccccc2)CN1C(c1ccccc1)c1ccccc1. The van der Waals surface area contributed by atoms with Gasteiger partial charge in [-0.05, 0) is 30.2 Å². The monoisotopic (exact) mass is 357 g/mol. The third-order valence-corrected chi connectivity index (χ3v) is 5.28. The fourth-order valence-electron chi connectivity index (χ4n) is 3.70. The van der Waals surface area contributed by atoms with Crippen LogP contribution in [0.5, 0.6) is 0 Å². The normalized spacial score (nSPS) is 19.5. The van der Waals surface area contributed by atoms with Crippen molar-refractivity contribution in [3.8, 4) is 0 Å². The molecule has 0 radical (unpaired) electrons. The number of likely N-dealkylation sites (tertiary alicyclic amines) is 1. The molecular weight excluding hydrogens is 334 g/mol. The number of carbonyl (C=O) groups is 1. The Morgan fingerprint density at radius 2 is 1.33 bits per heavy atom. The number of esters is 1. The lowest BCUT2D eigenvalue weighted by molar-refractivity contribution is -0.0827. The summed E-state index contributed by atoms with van der Waals surface area (Å²) < 4.78 is 5.76. The highest BCUT2D eigenvalue weighted by Crippen LogP contribution is 2.37. The zero-order valence-electron chi connectivity index (χ0n) is 15.4. The van der Waals surface area contributed by atoms with Crippen molar-refractivity contribution >= 4 is 5.97 Å². The van der Waals surface area contributed by atoms with Crippen LogP contribution in [0.3, 0.4) is 0 Å². The highest BCUT2D eigenvalue weighted by molar-refractivity contribution is 5.89. The van der Waals surface area contributed by atoms with E-state index in [0.29, 0.717) is 5.56 Å². The second kappa shape index (κ2) is 7.77. The Labute approximate surface area is 160 Å². The molecule has 0 spiro atoms. The molecule has 0 bridgehead atoms. The molecule has 1 saturated heterocycles. The molecular formula is C24H23NO2. The van der Waals surface area contributed by atoms with Gasteiger partial charge < -0.3 is 4.74 Å². The van der Waals surface area contributed by atoms with Crippen molar-refractivity contribution in [2.24, 2.45) is 0 Å². The van der Waals surface area contributed by atoms with E-state index >= 15 is 0 Å². The second-order valence-electron chi connectivity index (χ2n) is 6.97. The van der Waals surface area contributed by atoms with Crippen molar-refractivity contribution in [3.05, 3.63) is 108 Å². The van der Waals surface area contributed by atoms with Crippen LogP contribution in [0.4, 0.5) is 0 Å². The standard InChI is InChI=1S/C24H23NO2/c1-18-22(27-24(26)21-15-9-4-10-16-21)17-25(18)23(19-11-5-2-6-12-19)20-13-7-3-8-14-20/h2-16,18,22-23H,17H2,1H3/t18-,22+/m0/s1. The molecule has 4 rings (SSSR count). The fourth-order valence-corrected chi connectivity index (χ4v) is 3.70. The maximum atomic E-state index is 12.4. The van der Waals surface area contributed by atoms with Gasteiger partial charge in [-0.3, -0.25) is 4.90 Å². The molecule has 3 heteroatoms. The molecule has 1 aliphatic heterocycles. The van der Waals surface area contributed by atoms with Gasteiger partial charge in [0.25, 0.3) is 0 Å². The summed E-state index contributed by atoms with van der Waals surface area (Å²) in [5, 5.41) is 0. The molecule has 0 aliphatic carbocycles. The van der Waals surface area contributed by atoms with E-state index in [1.165, 1.54) is 11.1 Å².